The average molecular weight is 194 g/mol. The van der Waals surface area contributed by atoms with Crippen molar-refractivity contribution in [1.82, 2.24) is 0 Å². The summed E-state index contributed by atoms with van der Waals surface area (Å²) in [4.78, 5) is 0. The number of aliphatic hydroxyl groups excluding tert-OH is 1. The van der Waals surface area contributed by atoms with E-state index in [0.717, 1.165) is 11.1 Å². The van der Waals surface area contributed by atoms with Gasteiger partial charge in [-0.3, -0.25) is 0 Å². The van der Waals surface area contributed by atoms with Crippen LogP contribution in [0.5, 0.6) is 11.5 Å². The van der Waals surface area contributed by atoms with Gasteiger partial charge < -0.3 is 14.9 Å². The second-order valence-electron chi connectivity index (χ2n) is 2.97. The molecule has 0 spiro atoms. The molecule has 0 aliphatic heterocycles. The zero-order chi connectivity index (χ0) is 10.6. The Hall–Kier alpha value is -1.48. The first-order chi connectivity index (χ1) is 6.69. The van der Waals surface area contributed by atoms with Gasteiger partial charge in [-0.15, -0.1) is 0 Å². The van der Waals surface area contributed by atoms with Crippen LogP contribution in [0, 0.1) is 6.92 Å². The van der Waals surface area contributed by atoms with E-state index in [1.165, 1.54) is 7.11 Å². The van der Waals surface area contributed by atoms with Crippen LogP contribution in [0.4, 0.5) is 0 Å². The number of methoxy groups -OCH3 is 1. The van der Waals surface area contributed by atoms with Gasteiger partial charge in [0.1, 0.15) is 0 Å². The Balaban J connectivity index is 3.09. The SMILES string of the molecule is COc1cc(/C=C/CO)cc(C)c1O. The zero-order valence-electron chi connectivity index (χ0n) is 8.32. The van der Waals surface area contributed by atoms with Crippen molar-refractivity contribution in [3.05, 3.63) is 29.3 Å². The maximum atomic E-state index is 9.55. The predicted octanol–water partition coefficient (Wildman–Crippen LogP) is 1.71. The highest BCUT2D eigenvalue weighted by molar-refractivity contribution is 5.58. The smallest absolute Gasteiger partial charge is 0.161 e. The van der Waals surface area contributed by atoms with Gasteiger partial charge in [0, 0.05) is 0 Å². The fourth-order valence-corrected chi connectivity index (χ4v) is 1.21. The molecule has 0 aliphatic rings. The molecule has 0 heterocycles. The fraction of sp³-hybridized carbons (Fsp3) is 0.273. The van der Waals surface area contributed by atoms with Gasteiger partial charge >= 0.3 is 0 Å². The topological polar surface area (TPSA) is 49.7 Å². The van der Waals surface area contributed by atoms with Crippen LogP contribution in [-0.4, -0.2) is 23.9 Å². The number of hydrogen-bond donors (Lipinski definition) is 2. The molecule has 14 heavy (non-hydrogen) atoms. The molecule has 0 saturated heterocycles. The Morgan fingerprint density at radius 1 is 1.43 bits per heavy atom. The van der Waals surface area contributed by atoms with Crippen LogP contribution in [0.3, 0.4) is 0 Å². The van der Waals surface area contributed by atoms with Crippen LogP contribution < -0.4 is 4.74 Å². The lowest BCUT2D eigenvalue weighted by Crippen LogP contribution is -1.87. The molecule has 0 atom stereocenters. The molecule has 0 bridgehead atoms. The molecule has 1 rings (SSSR count). The highest BCUT2D eigenvalue weighted by Crippen LogP contribution is 2.31. The van der Waals surface area contributed by atoms with Crippen LogP contribution in [0.15, 0.2) is 18.2 Å². The highest BCUT2D eigenvalue weighted by Gasteiger charge is 2.05. The quantitative estimate of drug-likeness (QED) is 0.770. The van der Waals surface area contributed by atoms with Crippen molar-refractivity contribution >= 4 is 6.08 Å². The number of rotatable bonds is 3. The molecule has 0 aliphatic carbocycles. The second kappa shape index (κ2) is 4.67. The van der Waals surface area contributed by atoms with Gasteiger partial charge in [-0.05, 0) is 30.2 Å². The monoisotopic (exact) mass is 194 g/mol. The average Bonchev–Trinajstić information content (AvgIpc) is 2.19. The number of phenolic OH excluding ortho intramolecular Hbond substituents is 1. The van der Waals surface area contributed by atoms with E-state index in [2.05, 4.69) is 0 Å². The lowest BCUT2D eigenvalue weighted by atomic mass is 10.1. The summed E-state index contributed by atoms with van der Waals surface area (Å²) in [7, 11) is 1.51. The van der Waals surface area contributed by atoms with E-state index in [-0.39, 0.29) is 12.4 Å². The summed E-state index contributed by atoms with van der Waals surface area (Å²) in [5.41, 5.74) is 1.65. The van der Waals surface area contributed by atoms with Crippen molar-refractivity contribution in [2.24, 2.45) is 0 Å². The van der Waals surface area contributed by atoms with E-state index >= 15 is 0 Å². The largest absolute Gasteiger partial charge is 0.504 e. The van der Waals surface area contributed by atoms with E-state index in [9.17, 15) is 5.11 Å². The molecule has 0 fully saturated rings. The van der Waals surface area contributed by atoms with Crippen LogP contribution in [-0.2, 0) is 0 Å². The van der Waals surface area contributed by atoms with E-state index in [0.29, 0.717) is 5.75 Å². The number of benzene rings is 1. The molecule has 0 saturated carbocycles. The Bertz CT molecular complexity index is 343. The Kier molecular flexibility index (Phi) is 3.54. The minimum absolute atomic E-state index is 0.00222. The normalized spacial score (nSPS) is 10.8. The number of ether oxygens (including phenoxy) is 1. The van der Waals surface area contributed by atoms with Gasteiger partial charge in [0.15, 0.2) is 11.5 Å². The van der Waals surface area contributed by atoms with Gasteiger partial charge in [0.25, 0.3) is 0 Å². The molecule has 0 radical (unpaired) electrons. The molecule has 0 unspecified atom stereocenters. The number of hydrogen-bond acceptors (Lipinski definition) is 3. The summed E-state index contributed by atoms with van der Waals surface area (Å²) >= 11 is 0. The van der Waals surface area contributed by atoms with E-state index < -0.39 is 0 Å². The molecule has 1 aromatic carbocycles. The predicted molar refractivity (Wildman–Crippen MR) is 55.5 cm³/mol. The number of phenols is 1. The summed E-state index contributed by atoms with van der Waals surface area (Å²) in [6.45, 7) is 1.80. The summed E-state index contributed by atoms with van der Waals surface area (Å²) in [5.74, 6) is 0.608. The highest BCUT2D eigenvalue weighted by atomic mass is 16.5. The molecule has 0 amide bonds. The van der Waals surface area contributed by atoms with Crippen molar-refractivity contribution in [3.8, 4) is 11.5 Å². The first kappa shape index (κ1) is 10.6. The van der Waals surface area contributed by atoms with Crippen LogP contribution in [0.1, 0.15) is 11.1 Å². The van der Waals surface area contributed by atoms with Gasteiger partial charge in [0.05, 0.1) is 13.7 Å². The summed E-state index contributed by atoms with van der Waals surface area (Å²) in [6, 6.07) is 3.54. The molecular weight excluding hydrogens is 180 g/mol. The van der Waals surface area contributed by atoms with Crippen molar-refractivity contribution in [2.45, 2.75) is 6.92 Å². The Morgan fingerprint density at radius 2 is 2.14 bits per heavy atom. The first-order valence-electron chi connectivity index (χ1n) is 4.34. The van der Waals surface area contributed by atoms with E-state index in [1.54, 1.807) is 25.1 Å². The summed E-state index contributed by atoms with van der Waals surface area (Å²) in [5, 5.41) is 18.2. The molecule has 3 nitrogen and oxygen atoms in total. The molecule has 76 valence electrons. The number of aliphatic hydroxyl groups is 1. The number of aromatic hydroxyl groups is 1. The van der Waals surface area contributed by atoms with Gasteiger partial charge in [-0.2, -0.15) is 0 Å². The van der Waals surface area contributed by atoms with Crippen LogP contribution in [0.2, 0.25) is 0 Å². The van der Waals surface area contributed by atoms with E-state index in [4.69, 9.17) is 9.84 Å². The molecule has 1 aromatic rings. The third kappa shape index (κ3) is 2.26. The maximum Gasteiger partial charge on any atom is 0.161 e. The van der Waals surface area contributed by atoms with Gasteiger partial charge in [-0.25, -0.2) is 0 Å². The lowest BCUT2D eigenvalue weighted by molar-refractivity contribution is 0.343. The standard InChI is InChI=1S/C11H14O3/c1-8-6-9(4-3-5-12)7-10(14-2)11(8)13/h3-4,6-7,12-13H,5H2,1-2H3/b4-3+. The molecule has 0 aromatic heterocycles. The molecule has 3 heteroatoms. The van der Waals surface area contributed by atoms with Crippen molar-refractivity contribution in [3.63, 3.8) is 0 Å². The maximum absolute atomic E-state index is 9.55. The Morgan fingerprint density at radius 3 is 2.71 bits per heavy atom. The van der Waals surface area contributed by atoms with Crippen LogP contribution >= 0.6 is 0 Å². The minimum Gasteiger partial charge on any atom is -0.504 e. The second-order valence-corrected chi connectivity index (χ2v) is 2.97. The third-order valence-corrected chi connectivity index (χ3v) is 1.92. The molecular formula is C11H14O3. The zero-order valence-corrected chi connectivity index (χ0v) is 8.32. The van der Waals surface area contributed by atoms with E-state index in [1.807, 2.05) is 6.07 Å². The lowest BCUT2D eigenvalue weighted by Gasteiger charge is -2.07. The summed E-state index contributed by atoms with van der Waals surface area (Å²) < 4.78 is 5.00. The first-order valence-corrected chi connectivity index (χ1v) is 4.34. The third-order valence-electron chi connectivity index (χ3n) is 1.92. The summed E-state index contributed by atoms with van der Waals surface area (Å²) in [6.07, 6.45) is 3.40. The fourth-order valence-electron chi connectivity index (χ4n) is 1.21. The van der Waals surface area contributed by atoms with Crippen molar-refractivity contribution in [2.75, 3.05) is 13.7 Å². The number of aryl methyl sites for hydroxylation is 1. The van der Waals surface area contributed by atoms with Crippen LogP contribution in [0.25, 0.3) is 6.08 Å². The minimum atomic E-state index is 0.00222. The van der Waals surface area contributed by atoms with Crippen molar-refractivity contribution < 1.29 is 14.9 Å². The van der Waals surface area contributed by atoms with Gasteiger partial charge in [-0.1, -0.05) is 12.2 Å². The Labute approximate surface area is 83.3 Å². The van der Waals surface area contributed by atoms with Gasteiger partial charge in [0.2, 0.25) is 0 Å². The molecule has 2 N–H and O–H groups in total. The van der Waals surface area contributed by atoms with Crippen molar-refractivity contribution in [1.29, 1.82) is 0 Å².